The maximum absolute atomic E-state index is 12.1. The number of carbonyl (C=O) groups is 2. The summed E-state index contributed by atoms with van der Waals surface area (Å²) in [6, 6.07) is 0.0336. The van der Waals surface area contributed by atoms with Crippen LogP contribution >= 0.6 is 11.8 Å². The standard InChI is InChI=1S/C12H22N2O4S/c1-8-9(2)19-5-4-14(8)12(17)13-7-10(18-3)6-11(15)16/h8-10H,4-7H2,1-3H3,(H,13,17)(H,15,16). The molecule has 3 unspecified atom stereocenters. The molecule has 110 valence electrons. The molecule has 0 saturated carbocycles. The van der Waals surface area contributed by atoms with E-state index in [0.717, 1.165) is 12.3 Å². The first-order chi connectivity index (χ1) is 8.95. The van der Waals surface area contributed by atoms with Gasteiger partial charge in [0.25, 0.3) is 0 Å². The number of hydrogen-bond acceptors (Lipinski definition) is 4. The molecule has 1 aliphatic rings. The summed E-state index contributed by atoms with van der Waals surface area (Å²) in [5.41, 5.74) is 0. The molecule has 2 N–H and O–H groups in total. The lowest BCUT2D eigenvalue weighted by Gasteiger charge is -2.37. The Balaban J connectivity index is 2.43. The van der Waals surface area contributed by atoms with Crippen molar-refractivity contribution >= 4 is 23.8 Å². The minimum absolute atomic E-state index is 0.113. The number of carboxylic acid groups (broad SMARTS) is 1. The van der Waals surface area contributed by atoms with Gasteiger partial charge < -0.3 is 20.1 Å². The van der Waals surface area contributed by atoms with Gasteiger partial charge in [-0.05, 0) is 6.92 Å². The van der Waals surface area contributed by atoms with Crippen LogP contribution in [0.2, 0.25) is 0 Å². The molecule has 19 heavy (non-hydrogen) atoms. The molecule has 0 aromatic heterocycles. The van der Waals surface area contributed by atoms with E-state index in [4.69, 9.17) is 9.84 Å². The van der Waals surface area contributed by atoms with Gasteiger partial charge in [-0.15, -0.1) is 0 Å². The Morgan fingerprint density at radius 3 is 2.79 bits per heavy atom. The molecule has 2 amide bonds. The number of aliphatic carboxylic acids is 1. The van der Waals surface area contributed by atoms with Gasteiger partial charge in [0.05, 0.1) is 12.5 Å². The molecule has 1 aliphatic heterocycles. The topological polar surface area (TPSA) is 78.9 Å². The summed E-state index contributed by atoms with van der Waals surface area (Å²) in [7, 11) is 1.45. The Kier molecular flexibility index (Phi) is 6.44. The van der Waals surface area contributed by atoms with Crippen molar-refractivity contribution in [3.63, 3.8) is 0 Å². The van der Waals surface area contributed by atoms with E-state index in [1.54, 1.807) is 4.90 Å². The quantitative estimate of drug-likeness (QED) is 0.790. The zero-order valence-corrected chi connectivity index (χ0v) is 12.4. The van der Waals surface area contributed by atoms with Crippen molar-refractivity contribution in [1.29, 1.82) is 0 Å². The lowest BCUT2D eigenvalue weighted by molar-refractivity contribution is -0.139. The third-order valence-electron chi connectivity index (χ3n) is 3.36. The number of hydrogen-bond donors (Lipinski definition) is 2. The summed E-state index contributed by atoms with van der Waals surface area (Å²) in [5, 5.41) is 11.9. The number of rotatable bonds is 5. The van der Waals surface area contributed by atoms with Gasteiger partial charge in [-0.25, -0.2) is 4.79 Å². The van der Waals surface area contributed by atoms with Crippen molar-refractivity contribution in [3.05, 3.63) is 0 Å². The number of thioether (sulfide) groups is 1. The van der Waals surface area contributed by atoms with Crippen LogP contribution in [0.3, 0.4) is 0 Å². The van der Waals surface area contributed by atoms with Crippen LogP contribution in [-0.2, 0) is 9.53 Å². The van der Waals surface area contributed by atoms with Gasteiger partial charge in [-0.3, -0.25) is 4.79 Å². The number of urea groups is 1. The zero-order valence-electron chi connectivity index (χ0n) is 11.6. The highest BCUT2D eigenvalue weighted by atomic mass is 32.2. The van der Waals surface area contributed by atoms with E-state index >= 15 is 0 Å². The van der Waals surface area contributed by atoms with E-state index in [1.165, 1.54) is 7.11 Å². The SMILES string of the molecule is COC(CNC(=O)N1CCSC(C)C1C)CC(=O)O. The average Bonchev–Trinajstić information content (AvgIpc) is 2.37. The van der Waals surface area contributed by atoms with Crippen LogP contribution in [0.15, 0.2) is 0 Å². The predicted molar refractivity (Wildman–Crippen MR) is 74.5 cm³/mol. The molecular formula is C12H22N2O4S. The molecule has 0 bridgehead atoms. The van der Waals surface area contributed by atoms with Gasteiger partial charge in [0.1, 0.15) is 0 Å². The molecule has 0 aliphatic carbocycles. The van der Waals surface area contributed by atoms with E-state index in [0.29, 0.717) is 5.25 Å². The summed E-state index contributed by atoms with van der Waals surface area (Å²) in [6.07, 6.45) is -0.605. The molecular weight excluding hydrogens is 268 g/mol. The molecule has 3 atom stereocenters. The van der Waals surface area contributed by atoms with Gasteiger partial charge in [0.15, 0.2) is 0 Å². The molecule has 1 heterocycles. The summed E-state index contributed by atoms with van der Waals surface area (Å²) < 4.78 is 5.03. The second-order valence-corrected chi connectivity index (χ2v) is 6.14. The fraction of sp³-hybridized carbons (Fsp3) is 0.833. The van der Waals surface area contributed by atoms with Crippen molar-refractivity contribution in [3.8, 4) is 0 Å². The third kappa shape index (κ3) is 4.91. The summed E-state index contributed by atoms with van der Waals surface area (Å²) in [4.78, 5) is 24.5. The number of amides is 2. The summed E-state index contributed by atoms with van der Waals surface area (Å²) in [5.74, 6) is -0.000605. The van der Waals surface area contributed by atoms with E-state index in [2.05, 4.69) is 12.2 Å². The number of carbonyl (C=O) groups excluding carboxylic acids is 1. The average molecular weight is 290 g/mol. The number of carboxylic acids is 1. The Hall–Kier alpha value is -0.950. The first-order valence-electron chi connectivity index (χ1n) is 6.36. The summed E-state index contributed by atoms with van der Waals surface area (Å²) in [6.45, 7) is 5.07. The van der Waals surface area contributed by atoms with Crippen molar-refractivity contribution < 1.29 is 19.4 Å². The molecule has 0 aromatic carbocycles. The Bertz CT molecular complexity index is 327. The van der Waals surface area contributed by atoms with Gasteiger partial charge in [-0.2, -0.15) is 11.8 Å². The Morgan fingerprint density at radius 2 is 2.21 bits per heavy atom. The van der Waals surface area contributed by atoms with Crippen LogP contribution in [0.1, 0.15) is 20.3 Å². The van der Waals surface area contributed by atoms with Crippen molar-refractivity contribution in [2.45, 2.75) is 37.7 Å². The van der Waals surface area contributed by atoms with Gasteiger partial charge in [0, 0.05) is 37.2 Å². The van der Waals surface area contributed by atoms with Crippen LogP contribution < -0.4 is 5.32 Å². The maximum Gasteiger partial charge on any atom is 0.317 e. The first kappa shape index (κ1) is 16.1. The van der Waals surface area contributed by atoms with Crippen molar-refractivity contribution in [2.75, 3.05) is 26.0 Å². The number of methoxy groups -OCH3 is 1. The summed E-state index contributed by atoms with van der Waals surface area (Å²) >= 11 is 1.86. The third-order valence-corrected chi connectivity index (χ3v) is 4.70. The van der Waals surface area contributed by atoms with E-state index in [9.17, 15) is 9.59 Å². The van der Waals surface area contributed by atoms with E-state index in [-0.39, 0.29) is 25.0 Å². The molecule has 0 aromatic rings. The lowest BCUT2D eigenvalue weighted by atomic mass is 10.2. The highest BCUT2D eigenvalue weighted by Gasteiger charge is 2.29. The number of nitrogens with one attached hydrogen (secondary N) is 1. The molecule has 1 rings (SSSR count). The molecule has 7 heteroatoms. The Morgan fingerprint density at radius 1 is 1.53 bits per heavy atom. The van der Waals surface area contributed by atoms with Crippen LogP contribution in [0.25, 0.3) is 0 Å². The zero-order chi connectivity index (χ0) is 14.4. The second-order valence-electron chi connectivity index (χ2n) is 4.65. The van der Waals surface area contributed by atoms with Crippen LogP contribution in [0.5, 0.6) is 0 Å². The van der Waals surface area contributed by atoms with Crippen LogP contribution in [-0.4, -0.2) is 65.4 Å². The minimum atomic E-state index is -0.933. The normalized spacial score (nSPS) is 24.9. The molecule has 1 saturated heterocycles. The van der Waals surface area contributed by atoms with Gasteiger partial charge in [0.2, 0.25) is 0 Å². The predicted octanol–water partition coefficient (Wildman–Crippen LogP) is 1.01. The van der Waals surface area contributed by atoms with Gasteiger partial charge in [-0.1, -0.05) is 6.92 Å². The van der Waals surface area contributed by atoms with Crippen molar-refractivity contribution in [1.82, 2.24) is 10.2 Å². The monoisotopic (exact) mass is 290 g/mol. The van der Waals surface area contributed by atoms with E-state index < -0.39 is 12.1 Å². The number of nitrogens with zero attached hydrogens (tertiary/aromatic N) is 1. The smallest absolute Gasteiger partial charge is 0.317 e. The largest absolute Gasteiger partial charge is 0.481 e. The fourth-order valence-corrected chi connectivity index (χ4v) is 3.06. The van der Waals surface area contributed by atoms with Crippen LogP contribution in [0.4, 0.5) is 4.79 Å². The van der Waals surface area contributed by atoms with Crippen molar-refractivity contribution in [2.24, 2.45) is 0 Å². The van der Waals surface area contributed by atoms with Crippen LogP contribution in [0, 0.1) is 0 Å². The van der Waals surface area contributed by atoms with E-state index in [1.807, 2.05) is 18.7 Å². The highest BCUT2D eigenvalue weighted by molar-refractivity contribution is 8.00. The second kappa shape index (κ2) is 7.59. The fourth-order valence-electron chi connectivity index (χ4n) is 1.96. The molecule has 0 spiro atoms. The Labute approximate surface area is 117 Å². The van der Waals surface area contributed by atoms with Gasteiger partial charge >= 0.3 is 12.0 Å². The molecule has 0 radical (unpaired) electrons. The number of ether oxygens (including phenoxy) is 1. The molecule has 6 nitrogen and oxygen atoms in total. The first-order valence-corrected chi connectivity index (χ1v) is 7.41. The minimum Gasteiger partial charge on any atom is -0.481 e. The lowest BCUT2D eigenvalue weighted by Crippen LogP contribution is -2.53. The highest BCUT2D eigenvalue weighted by Crippen LogP contribution is 2.23. The maximum atomic E-state index is 12.1. The molecule has 1 fully saturated rings.